The molecule has 2 aliphatic rings. The molecule has 2 saturated heterocycles. The van der Waals surface area contributed by atoms with Crippen molar-refractivity contribution in [2.75, 3.05) is 26.2 Å². The van der Waals surface area contributed by atoms with Crippen molar-refractivity contribution in [2.24, 2.45) is 11.8 Å². The number of likely N-dealkylation sites (tertiary alicyclic amines) is 1. The summed E-state index contributed by atoms with van der Waals surface area (Å²) in [5, 5.41) is 3.36. The lowest BCUT2D eigenvalue weighted by molar-refractivity contribution is -0.133. The van der Waals surface area contributed by atoms with E-state index in [0.717, 1.165) is 58.0 Å². The summed E-state index contributed by atoms with van der Waals surface area (Å²) in [6, 6.07) is 0. The van der Waals surface area contributed by atoms with Gasteiger partial charge in [-0.05, 0) is 51.1 Å². The van der Waals surface area contributed by atoms with Crippen LogP contribution in [0.4, 0.5) is 0 Å². The van der Waals surface area contributed by atoms with Crippen LogP contribution in [0.3, 0.4) is 0 Å². The molecule has 0 saturated carbocycles. The van der Waals surface area contributed by atoms with E-state index >= 15 is 0 Å². The largest absolute Gasteiger partial charge is 0.342 e. The molecule has 1 amide bonds. The van der Waals surface area contributed by atoms with Crippen LogP contribution in [0.25, 0.3) is 0 Å². The van der Waals surface area contributed by atoms with Crippen LogP contribution in [0.5, 0.6) is 0 Å². The number of nitrogens with one attached hydrogen (secondary N) is 1. The van der Waals surface area contributed by atoms with Crippen molar-refractivity contribution in [3.63, 3.8) is 0 Å². The zero-order valence-corrected chi connectivity index (χ0v) is 12.5. The SMILES string of the molecule is O=CC1CCCCCN(C(=O)CCC2CCNCC2)C1. The minimum Gasteiger partial charge on any atom is -0.342 e. The van der Waals surface area contributed by atoms with Gasteiger partial charge in [-0.2, -0.15) is 0 Å². The number of piperidine rings is 1. The van der Waals surface area contributed by atoms with E-state index in [4.69, 9.17) is 0 Å². The average Bonchev–Trinajstić information content (AvgIpc) is 2.46. The number of carbonyl (C=O) groups is 2. The number of rotatable bonds is 4. The molecule has 2 heterocycles. The molecular weight excluding hydrogens is 252 g/mol. The number of hydrogen-bond acceptors (Lipinski definition) is 3. The molecule has 114 valence electrons. The zero-order chi connectivity index (χ0) is 14.2. The molecule has 0 aliphatic carbocycles. The van der Waals surface area contributed by atoms with E-state index in [0.29, 0.717) is 18.9 Å². The minimum atomic E-state index is 0.0538. The Morgan fingerprint density at radius 1 is 1.15 bits per heavy atom. The molecule has 1 atom stereocenters. The highest BCUT2D eigenvalue weighted by Gasteiger charge is 2.22. The van der Waals surface area contributed by atoms with Crippen LogP contribution >= 0.6 is 0 Å². The molecule has 20 heavy (non-hydrogen) atoms. The second kappa shape index (κ2) is 8.40. The van der Waals surface area contributed by atoms with Gasteiger partial charge in [0, 0.05) is 25.4 Å². The Hall–Kier alpha value is -0.900. The Morgan fingerprint density at radius 3 is 2.70 bits per heavy atom. The Kier molecular flexibility index (Phi) is 6.51. The molecule has 0 aromatic rings. The second-order valence-electron chi connectivity index (χ2n) is 6.32. The van der Waals surface area contributed by atoms with Gasteiger partial charge in [-0.3, -0.25) is 4.79 Å². The average molecular weight is 280 g/mol. The Morgan fingerprint density at radius 2 is 1.95 bits per heavy atom. The van der Waals surface area contributed by atoms with Gasteiger partial charge in [-0.1, -0.05) is 12.8 Å². The van der Waals surface area contributed by atoms with Gasteiger partial charge < -0.3 is 15.0 Å². The molecule has 1 N–H and O–H groups in total. The van der Waals surface area contributed by atoms with E-state index in [9.17, 15) is 9.59 Å². The highest BCUT2D eigenvalue weighted by molar-refractivity contribution is 5.76. The summed E-state index contributed by atoms with van der Waals surface area (Å²) in [6.45, 7) is 3.68. The molecule has 0 aromatic heterocycles. The lowest BCUT2D eigenvalue weighted by atomic mass is 9.92. The molecular formula is C16H28N2O2. The summed E-state index contributed by atoms with van der Waals surface area (Å²) in [4.78, 5) is 25.4. The highest BCUT2D eigenvalue weighted by atomic mass is 16.2. The molecule has 2 aliphatic heterocycles. The third-order valence-corrected chi connectivity index (χ3v) is 4.73. The predicted octanol–water partition coefficient (Wildman–Crippen LogP) is 1.98. The standard InChI is InChI=1S/C16H28N2O2/c19-13-15-4-2-1-3-11-18(12-15)16(20)6-5-14-7-9-17-10-8-14/h13-15,17H,1-12H2. The summed E-state index contributed by atoms with van der Waals surface area (Å²) >= 11 is 0. The molecule has 0 radical (unpaired) electrons. The van der Waals surface area contributed by atoms with E-state index in [1.54, 1.807) is 0 Å². The fourth-order valence-corrected chi connectivity index (χ4v) is 3.35. The fraction of sp³-hybridized carbons (Fsp3) is 0.875. The van der Waals surface area contributed by atoms with Gasteiger partial charge in [0.15, 0.2) is 0 Å². The van der Waals surface area contributed by atoms with E-state index in [-0.39, 0.29) is 11.8 Å². The zero-order valence-electron chi connectivity index (χ0n) is 12.5. The first-order chi connectivity index (χ1) is 9.79. The first kappa shape index (κ1) is 15.5. The lowest BCUT2D eigenvalue weighted by Crippen LogP contribution is -2.38. The van der Waals surface area contributed by atoms with Crippen molar-refractivity contribution < 1.29 is 9.59 Å². The van der Waals surface area contributed by atoms with Crippen LogP contribution < -0.4 is 5.32 Å². The monoisotopic (exact) mass is 280 g/mol. The summed E-state index contributed by atoms with van der Waals surface area (Å²) in [6.07, 6.45) is 9.42. The van der Waals surface area contributed by atoms with Gasteiger partial charge in [0.05, 0.1) is 0 Å². The maximum atomic E-state index is 12.4. The minimum absolute atomic E-state index is 0.0538. The van der Waals surface area contributed by atoms with Crippen molar-refractivity contribution in [1.29, 1.82) is 0 Å². The normalized spacial score (nSPS) is 25.8. The van der Waals surface area contributed by atoms with E-state index in [1.807, 2.05) is 4.90 Å². The van der Waals surface area contributed by atoms with Crippen molar-refractivity contribution in [3.05, 3.63) is 0 Å². The topological polar surface area (TPSA) is 49.4 Å². The molecule has 0 bridgehead atoms. The summed E-state index contributed by atoms with van der Waals surface area (Å²) < 4.78 is 0. The number of carbonyl (C=O) groups excluding carboxylic acids is 2. The lowest BCUT2D eigenvalue weighted by Gasteiger charge is -2.29. The number of hydrogen-bond donors (Lipinski definition) is 1. The van der Waals surface area contributed by atoms with Gasteiger partial charge in [0.2, 0.25) is 5.91 Å². The van der Waals surface area contributed by atoms with Crippen LogP contribution in [0.15, 0.2) is 0 Å². The Balaban J connectivity index is 1.77. The quantitative estimate of drug-likeness (QED) is 0.801. The van der Waals surface area contributed by atoms with Crippen LogP contribution in [0.1, 0.15) is 51.4 Å². The van der Waals surface area contributed by atoms with Crippen molar-refractivity contribution in [3.8, 4) is 0 Å². The molecule has 1 unspecified atom stereocenters. The third kappa shape index (κ3) is 4.89. The van der Waals surface area contributed by atoms with Gasteiger partial charge in [0.25, 0.3) is 0 Å². The van der Waals surface area contributed by atoms with Gasteiger partial charge in [0.1, 0.15) is 6.29 Å². The molecule has 4 heteroatoms. The van der Waals surface area contributed by atoms with Crippen LogP contribution in [0, 0.1) is 11.8 Å². The van der Waals surface area contributed by atoms with E-state index in [2.05, 4.69) is 5.32 Å². The summed E-state index contributed by atoms with van der Waals surface area (Å²) in [7, 11) is 0. The summed E-state index contributed by atoms with van der Waals surface area (Å²) in [5.41, 5.74) is 0. The molecule has 0 aromatic carbocycles. The smallest absolute Gasteiger partial charge is 0.222 e. The van der Waals surface area contributed by atoms with Crippen LogP contribution in [-0.2, 0) is 9.59 Å². The molecule has 0 spiro atoms. The number of aldehydes is 1. The first-order valence-electron chi connectivity index (χ1n) is 8.23. The molecule has 2 rings (SSSR count). The summed E-state index contributed by atoms with van der Waals surface area (Å²) in [5.74, 6) is 1.02. The molecule has 2 fully saturated rings. The highest BCUT2D eigenvalue weighted by Crippen LogP contribution is 2.20. The van der Waals surface area contributed by atoms with E-state index in [1.165, 1.54) is 12.8 Å². The maximum absolute atomic E-state index is 12.4. The number of amides is 1. The predicted molar refractivity (Wildman–Crippen MR) is 79.4 cm³/mol. The maximum Gasteiger partial charge on any atom is 0.222 e. The van der Waals surface area contributed by atoms with E-state index < -0.39 is 0 Å². The van der Waals surface area contributed by atoms with Gasteiger partial charge in [-0.15, -0.1) is 0 Å². The van der Waals surface area contributed by atoms with Crippen LogP contribution in [0.2, 0.25) is 0 Å². The first-order valence-corrected chi connectivity index (χ1v) is 8.23. The third-order valence-electron chi connectivity index (χ3n) is 4.73. The Labute approximate surface area is 122 Å². The number of nitrogens with zero attached hydrogens (tertiary/aromatic N) is 1. The molecule has 4 nitrogen and oxygen atoms in total. The fourth-order valence-electron chi connectivity index (χ4n) is 3.35. The van der Waals surface area contributed by atoms with Gasteiger partial charge in [-0.25, -0.2) is 0 Å². The van der Waals surface area contributed by atoms with Crippen molar-refractivity contribution >= 4 is 12.2 Å². The van der Waals surface area contributed by atoms with Crippen LogP contribution in [-0.4, -0.2) is 43.3 Å². The van der Waals surface area contributed by atoms with Gasteiger partial charge >= 0.3 is 0 Å². The second-order valence-corrected chi connectivity index (χ2v) is 6.32. The van der Waals surface area contributed by atoms with Crippen molar-refractivity contribution in [1.82, 2.24) is 10.2 Å². The van der Waals surface area contributed by atoms with Crippen molar-refractivity contribution in [2.45, 2.75) is 51.4 Å². The Bertz CT molecular complexity index is 314.